The zero-order valence-electron chi connectivity index (χ0n) is 15.7. The number of furan rings is 1. The Balaban J connectivity index is 1.84. The van der Waals surface area contributed by atoms with Crippen molar-refractivity contribution < 1.29 is 14.0 Å². The van der Waals surface area contributed by atoms with E-state index in [0.29, 0.717) is 12.6 Å². The maximum absolute atomic E-state index is 12.6. The van der Waals surface area contributed by atoms with Crippen molar-refractivity contribution in [1.82, 2.24) is 15.5 Å². The number of likely N-dealkylation sites (tertiary alicyclic amines) is 1. The minimum atomic E-state index is -0.578. The van der Waals surface area contributed by atoms with Crippen LogP contribution in [-0.4, -0.2) is 48.4 Å². The number of carbonyl (C=O) groups excluding carboxylic acids is 2. The smallest absolute Gasteiger partial charge is 0.287 e. The van der Waals surface area contributed by atoms with Crippen molar-refractivity contribution in [1.29, 1.82) is 0 Å². The molecule has 0 unspecified atom stereocenters. The van der Waals surface area contributed by atoms with Crippen molar-refractivity contribution >= 4 is 11.8 Å². The number of nitrogens with one attached hydrogen (secondary N) is 2. The van der Waals surface area contributed by atoms with Crippen LogP contribution in [0.25, 0.3) is 0 Å². The highest BCUT2D eigenvalue weighted by molar-refractivity contribution is 5.95. The standard InChI is InChI=1S/C19H31N3O3/c1-13(2)17(21-18(23)16-6-5-11-25-16)19(24)20-12-15(4)22-9-7-14(3)8-10-22/h5-6,11,13-15,17H,7-10,12H2,1-4H3,(H,20,24)(H,21,23)/t15-,17-/m0/s1. The van der Waals surface area contributed by atoms with E-state index in [1.165, 1.54) is 19.1 Å². The lowest BCUT2D eigenvalue weighted by Crippen LogP contribution is -2.52. The fourth-order valence-electron chi connectivity index (χ4n) is 3.11. The fourth-order valence-corrected chi connectivity index (χ4v) is 3.11. The molecule has 1 saturated heterocycles. The molecule has 0 bridgehead atoms. The van der Waals surface area contributed by atoms with Gasteiger partial charge in [-0.05, 0) is 56.8 Å². The van der Waals surface area contributed by atoms with E-state index in [1.54, 1.807) is 12.1 Å². The lowest BCUT2D eigenvalue weighted by Gasteiger charge is -2.35. The quantitative estimate of drug-likeness (QED) is 0.792. The molecular formula is C19H31N3O3. The Morgan fingerprint density at radius 2 is 1.96 bits per heavy atom. The van der Waals surface area contributed by atoms with E-state index in [9.17, 15) is 9.59 Å². The molecule has 1 aromatic rings. The molecule has 25 heavy (non-hydrogen) atoms. The van der Waals surface area contributed by atoms with Crippen molar-refractivity contribution in [2.75, 3.05) is 19.6 Å². The SMILES string of the molecule is CC1CCN([C@@H](C)CNC(=O)[C@@H](NC(=O)c2ccco2)C(C)C)CC1. The number of nitrogens with zero attached hydrogens (tertiary/aromatic N) is 1. The van der Waals surface area contributed by atoms with Gasteiger partial charge in [0.25, 0.3) is 5.91 Å². The summed E-state index contributed by atoms with van der Waals surface area (Å²) in [5.41, 5.74) is 0. The van der Waals surface area contributed by atoms with Crippen molar-refractivity contribution in [3.8, 4) is 0 Å². The molecule has 0 saturated carbocycles. The van der Waals surface area contributed by atoms with Crippen LogP contribution in [0.3, 0.4) is 0 Å². The van der Waals surface area contributed by atoms with E-state index in [4.69, 9.17) is 4.42 Å². The number of piperidine rings is 1. The molecule has 6 nitrogen and oxygen atoms in total. The van der Waals surface area contributed by atoms with E-state index < -0.39 is 6.04 Å². The van der Waals surface area contributed by atoms with E-state index in [2.05, 4.69) is 29.4 Å². The van der Waals surface area contributed by atoms with Gasteiger partial charge < -0.3 is 15.1 Å². The number of hydrogen-bond donors (Lipinski definition) is 2. The first-order valence-corrected chi connectivity index (χ1v) is 9.24. The molecule has 1 aromatic heterocycles. The molecular weight excluding hydrogens is 318 g/mol. The van der Waals surface area contributed by atoms with Gasteiger partial charge in [0, 0.05) is 12.6 Å². The molecule has 1 aliphatic heterocycles. The first-order valence-electron chi connectivity index (χ1n) is 9.24. The van der Waals surface area contributed by atoms with Gasteiger partial charge in [0.15, 0.2) is 5.76 Å². The summed E-state index contributed by atoms with van der Waals surface area (Å²) < 4.78 is 5.09. The van der Waals surface area contributed by atoms with Crippen molar-refractivity contribution in [2.45, 2.75) is 52.6 Å². The Bertz CT molecular complexity index is 548. The largest absolute Gasteiger partial charge is 0.459 e. The summed E-state index contributed by atoms with van der Waals surface area (Å²) in [4.78, 5) is 27.1. The van der Waals surface area contributed by atoms with E-state index >= 15 is 0 Å². The lowest BCUT2D eigenvalue weighted by atomic mass is 9.98. The van der Waals surface area contributed by atoms with Crippen LogP contribution in [0.4, 0.5) is 0 Å². The Kier molecular flexibility index (Phi) is 7.05. The maximum Gasteiger partial charge on any atom is 0.287 e. The van der Waals surface area contributed by atoms with Crippen LogP contribution in [0, 0.1) is 11.8 Å². The highest BCUT2D eigenvalue weighted by Gasteiger charge is 2.27. The second kappa shape index (κ2) is 9.04. The van der Waals surface area contributed by atoms with Gasteiger partial charge in [-0.1, -0.05) is 20.8 Å². The topological polar surface area (TPSA) is 74.6 Å². The molecule has 1 aliphatic rings. The number of carbonyl (C=O) groups is 2. The predicted molar refractivity (Wildman–Crippen MR) is 97.2 cm³/mol. The van der Waals surface area contributed by atoms with Gasteiger partial charge in [0.1, 0.15) is 6.04 Å². The first kappa shape index (κ1) is 19.5. The van der Waals surface area contributed by atoms with Gasteiger partial charge in [-0.2, -0.15) is 0 Å². The summed E-state index contributed by atoms with van der Waals surface area (Å²) in [6.45, 7) is 11.0. The highest BCUT2D eigenvalue weighted by Crippen LogP contribution is 2.17. The molecule has 0 radical (unpaired) electrons. The molecule has 2 heterocycles. The van der Waals surface area contributed by atoms with Gasteiger partial charge in [-0.15, -0.1) is 0 Å². The summed E-state index contributed by atoms with van der Waals surface area (Å²) in [5, 5.41) is 5.77. The molecule has 0 aromatic carbocycles. The van der Waals surface area contributed by atoms with E-state index in [-0.39, 0.29) is 23.5 Å². The molecule has 0 spiro atoms. The van der Waals surface area contributed by atoms with Gasteiger partial charge in [-0.25, -0.2) is 0 Å². The normalized spacial score (nSPS) is 18.8. The van der Waals surface area contributed by atoms with Crippen LogP contribution in [0.15, 0.2) is 22.8 Å². The molecule has 6 heteroatoms. The van der Waals surface area contributed by atoms with Crippen LogP contribution < -0.4 is 10.6 Å². The zero-order chi connectivity index (χ0) is 18.4. The Hall–Kier alpha value is -1.82. The van der Waals surface area contributed by atoms with Gasteiger partial charge in [0.05, 0.1) is 6.26 Å². The van der Waals surface area contributed by atoms with Crippen LogP contribution in [0.2, 0.25) is 0 Å². The third kappa shape index (κ3) is 5.59. The Labute approximate surface area is 150 Å². The van der Waals surface area contributed by atoms with E-state index in [1.807, 2.05) is 13.8 Å². The van der Waals surface area contributed by atoms with Gasteiger partial charge >= 0.3 is 0 Å². The zero-order valence-corrected chi connectivity index (χ0v) is 15.7. The van der Waals surface area contributed by atoms with Crippen LogP contribution in [-0.2, 0) is 4.79 Å². The van der Waals surface area contributed by atoms with Crippen LogP contribution in [0.5, 0.6) is 0 Å². The van der Waals surface area contributed by atoms with Gasteiger partial charge in [-0.3, -0.25) is 14.5 Å². The van der Waals surface area contributed by atoms with Crippen molar-refractivity contribution in [3.63, 3.8) is 0 Å². The van der Waals surface area contributed by atoms with Crippen LogP contribution in [0.1, 0.15) is 51.1 Å². The number of hydrogen-bond acceptors (Lipinski definition) is 4. The van der Waals surface area contributed by atoms with Crippen molar-refractivity contribution in [3.05, 3.63) is 24.2 Å². The summed E-state index contributed by atoms with van der Waals surface area (Å²) >= 11 is 0. The molecule has 2 rings (SSSR count). The van der Waals surface area contributed by atoms with Gasteiger partial charge in [0.2, 0.25) is 5.91 Å². The third-order valence-corrected chi connectivity index (χ3v) is 4.99. The maximum atomic E-state index is 12.6. The molecule has 140 valence electrons. The molecule has 2 amide bonds. The molecule has 2 atom stereocenters. The number of amides is 2. The average Bonchev–Trinajstić information content (AvgIpc) is 3.12. The summed E-state index contributed by atoms with van der Waals surface area (Å²) in [6, 6.07) is 2.96. The average molecular weight is 349 g/mol. The third-order valence-electron chi connectivity index (χ3n) is 4.99. The minimum absolute atomic E-state index is 0.00921. The minimum Gasteiger partial charge on any atom is -0.459 e. The lowest BCUT2D eigenvalue weighted by molar-refractivity contribution is -0.124. The highest BCUT2D eigenvalue weighted by atomic mass is 16.3. The Morgan fingerprint density at radius 1 is 1.28 bits per heavy atom. The molecule has 2 N–H and O–H groups in total. The Morgan fingerprint density at radius 3 is 2.52 bits per heavy atom. The second-order valence-electron chi connectivity index (χ2n) is 7.49. The summed E-state index contributed by atoms with van der Waals surface area (Å²) in [6.07, 6.45) is 3.87. The van der Waals surface area contributed by atoms with Crippen molar-refractivity contribution in [2.24, 2.45) is 11.8 Å². The molecule has 1 fully saturated rings. The second-order valence-corrected chi connectivity index (χ2v) is 7.49. The number of rotatable bonds is 7. The first-order chi connectivity index (χ1) is 11.9. The predicted octanol–water partition coefficient (Wildman–Crippen LogP) is 2.27. The summed E-state index contributed by atoms with van der Waals surface area (Å²) in [5.74, 6) is 0.489. The fraction of sp³-hybridized carbons (Fsp3) is 0.684. The monoisotopic (exact) mass is 349 g/mol. The van der Waals surface area contributed by atoms with E-state index in [0.717, 1.165) is 19.0 Å². The summed E-state index contributed by atoms with van der Waals surface area (Å²) in [7, 11) is 0. The van der Waals surface area contributed by atoms with Crippen LogP contribution >= 0.6 is 0 Å². The molecule has 0 aliphatic carbocycles.